The predicted octanol–water partition coefficient (Wildman–Crippen LogP) is 1.74. The summed E-state index contributed by atoms with van der Waals surface area (Å²) >= 11 is 3.43. The fourth-order valence-corrected chi connectivity index (χ4v) is 2.70. The predicted molar refractivity (Wildman–Crippen MR) is 59.6 cm³/mol. The standard InChI is InChI=1S/C8H18BrNO2S/c1-4-13(11,12)10-6-8(9)5-7(2)3/h7-8,10H,4-6H2,1-3H3. The summed E-state index contributed by atoms with van der Waals surface area (Å²) in [5.74, 6) is 0.726. The smallest absolute Gasteiger partial charge is 0.211 e. The Labute approximate surface area is 89.5 Å². The Hall–Kier alpha value is 0.390. The third-order valence-corrected chi connectivity index (χ3v) is 3.70. The number of hydrogen-bond donors (Lipinski definition) is 1. The van der Waals surface area contributed by atoms with E-state index >= 15 is 0 Å². The van der Waals surface area contributed by atoms with Crippen molar-refractivity contribution in [2.75, 3.05) is 12.3 Å². The second-order valence-electron chi connectivity index (χ2n) is 3.48. The minimum absolute atomic E-state index is 0.147. The Morgan fingerprint density at radius 1 is 1.38 bits per heavy atom. The van der Waals surface area contributed by atoms with Gasteiger partial charge in [0.2, 0.25) is 10.0 Å². The van der Waals surface area contributed by atoms with Gasteiger partial charge in [-0.2, -0.15) is 0 Å². The Bertz CT molecular complexity index is 226. The van der Waals surface area contributed by atoms with Gasteiger partial charge in [-0.25, -0.2) is 13.1 Å². The lowest BCUT2D eigenvalue weighted by Gasteiger charge is -2.12. The third kappa shape index (κ3) is 7.46. The van der Waals surface area contributed by atoms with E-state index in [1.165, 1.54) is 0 Å². The molecule has 0 saturated heterocycles. The zero-order valence-electron chi connectivity index (χ0n) is 8.38. The molecule has 0 spiro atoms. The highest BCUT2D eigenvalue weighted by molar-refractivity contribution is 9.09. The van der Waals surface area contributed by atoms with E-state index in [-0.39, 0.29) is 10.6 Å². The van der Waals surface area contributed by atoms with Crippen LogP contribution >= 0.6 is 15.9 Å². The second-order valence-corrected chi connectivity index (χ2v) is 6.87. The van der Waals surface area contributed by atoms with Crippen LogP contribution in [0.2, 0.25) is 0 Å². The van der Waals surface area contributed by atoms with E-state index in [2.05, 4.69) is 34.5 Å². The van der Waals surface area contributed by atoms with E-state index in [1.807, 2.05) is 0 Å². The Balaban J connectivity index is 3.77. The van der Waals surface area contributed by atoms with Gasteiger partial charge in [0.25, 0.3) is 0 Å². The minimum atomic E-state index is -3.03. The summed E-state index contributed by atoms with van der Waals surface area (Å²) < 4.78 is 24.7. The normalized spacial score (nSPS) is 14.8. The largest absolute Gasteiger partial charge is 0.214 e. The van der Waals surface area contributed by atoms with Crippen LogP contribution in [0.5, 0.6) is 0 Å². The zero-order valence-corrected chi connectivity index (χ0v) is 10.8. The molecule has 0 aliphatic rings. The molecule has 0 aliphatic carbocycles. The number of halogens is 1. The molecule has 13 heavy (non-hydrogen) atoms. The summed E-state index contributed by atoms with van der Waals surface area (Å²) in [4.78, 5) is 0.230. The topological polar surface area (TPSA) is 46.2 Å². The van der Waals surface area contributed by atoms with Crippen LogP contribution in [0.1, 0.15) is 27.2 Å². The molecule has 0 aliphatic heterocycles. The molecule has 0 fully saturated rings. The quantitative estimate of drug-likeness (QED) is 0.748. The highest BCUT2D eigenvalue weighted by Gasteiger charge is 2.11. The molecular weight excluding hydrogens is 254 g/mol. The molecule has 1 unspecified atom stereocenters. The van der Waals surface area contributed by atoms with E-state index in [0.717, 1.165) is 6.42 Å². The maximum absolute atomic E-state index is 11.1. The first kappa shape index (κ1) is 13.4. The highest BCUT2D eigenvalue weighted by Crippen LogP contribution is 2.11. The lowest BCUT2D eigenvalue weighted by Crippen LogP contribution is -2.31. The van der Waals surface area contributed by atoms with Crippen molar-refractivity contribution in [1.82, 2.24) is 4.72 Å². The average molecular weight is 272 g/mol. The Morgan fingerprint density at radius 3 is 2.31 bits per heavy atom. The first-order valence-corrected chi connectivity index (χ1v) is 7.05. The molecule has 1 atom stereocenters. The molecule has 0 aromatic rings. The van der Waals surface area contributed by atoms with Crippen LogP contribution in [0.4, 0.5) is 0 Å². The second kappa shape index (κ2) is 5.98. The van der Waals surface area contributed by atoms with Crippen molar-refractivity contribution in [2.24, 2.45) is 5.92 Å². The van der Waals surface area contributed by atoms with Gasteiger partial charge in [0.15, 0.2) is 0 Å². The van der Waals surface area contributed by atoms with Gasteiger partial charge in [0.1, 0.15) is 0 Å². The molecule has 0 heterocycles. The average Bonchev–Trinajstić information content (AvgIpc) is 2.00. The van der Waals surface area contributed by atoms with Gasteiger partial charge in [-0.3, -0.25) is 0 Å². The van der Waals surface area contributed by atoms with Crippen LogP contribution in [-0.4, -0.2) is 25.5 Å². The third-order valence-electron chi connectivity index (χ3n) is 1.63. The SMILES string of the molecule is CCS(=O)(=O)NCC(Br)CC(C)C. The number of hydrogen-bond acceptors (Lipinski definition) is 2. The van der Waals surface area contributed by atoms with Gasteiger partial charge < -0.3 is 0 Å². The van der Waals surface area contributed by atoms with E-state index in [9.17, 15) is 8.42 Å². The van der Waals surface area contributed by atoms with E-state index in [1.54, 1.807) is 6.92 Å². The molecular formula is C8H18BrNO2S. The molecule has 0 amide bonds. The van der Waals surface area contributed by atoms with Crippen LogP contribution < -0.4 is 4.72 Å². The Kier molecular flexibility index (Phi) is 6.16. The zero-order chi connectivity index (χ0) is 10.5. The summed E-state index contributed by atoms with van der Waals surface area (Å²) in [7, 11) is -3.03. The van der Waals surface area contributed by atoms with Crippen LogP contribution in [0.3, 0.4) is 0 Å². The van der Waals surface area contributed by atoms with Gasteiger partial charge in [-0.15, -0.1) is 0 Å². The fraction of sp³-hybridized carbons (Fsp3) is 1.00. The lowest BCUT2D eigenvalue weighted by atomic mass is 10.1. The van der Waals surface area contributed by atoms with Crippen LogP contribution in [0.15, 0.2) is 0 Å². The summed E-state index contributed by atoms with van der Waals surface area (Å²) in [5.41, 5.74) is 0. The van der Waals surface area contributed by atoms with Crippen molar-refractivity contribution in [3.63, 3.8) is 0 Å². The van der Waals surface area contributed by atoms with E-state index < -0.39 is 10.0 Å². The fourth-order valence-electron chi connectivity index (χ4n) is 0.914. The van der Waals surface area contributed by atoms with Gasteiger partial charge in [0.05, 0.1) is 5.75 Å². The highest BCUT2D eigenvalue weighted by atomic mass is 79.9. The lowest BCUT2D eigenvalue weighted by molar-refractivity contribution is 0.552. The minimum Gasteiger partial charge on any atom is -0.214 e. The maximum atomic E-state index is 11.1. The van der Waals surface area contributed by atoms with Crippen molar-refractivity contribution >= 4 is 26.0 Å². The van der Waals surface area contributed by atoms with Crippen LogP contribution in [0, 0.1) is 5.92 Å². The van der Waals surface area contributed by atoms with Crippen molar-refractivity contribution in [2.45, 2.75) is 32.0 Å². The summed E-state index contributed by atoms with van der Waals surface area (Å²) in [6.45, 7) is 6.34. The van der Waals surface area contributed by atoms with Gasteiger partial charge in [-0.05, 0) is 19.3 Å². The van der Waals surface area contributed by atoms with Crippen LogP contribution in [0.25, 0.3) is 0 Å². The molecule has 80 valence electrons. The molecule has 0 saturated carbocycles. The van der Waals surface area contributed by atoms with Crippen LogP contribution in [-0.2, 0) is 10.0 Å². The monoisotopic (exact) mass is 271 g/mol. The number of sulfonamides is 1. The molecule has 5 heteroatoms. The summed E-state index contributed by atoms with van der Waals surface area (Å²) in [6.07, 6.45) is 0.978. The molecule has 0 rings (SSSR count). The van der Waals surface area contributed by atoms with E-state index in [0.29, 0.717) is 12.5 Å². The van der Waals surface area contributed by atoms with Gasteiger partial charge in [-0.1, -0.05) is 29.8 Å². The maximum Gasteiger partial charge on any atom is 0.211 e. The van der Waals surface area contributed by atoms with E-state index in [4.69, 9.17) is 0 Å². The Morgan fingerprint density at radius 2 is 1.92 bits per heavy atom. The first-order chi connectivity index (χ1) is 5.87. The molecule has 3 nitrogen and oxygen atoms in total. The molecule has 0 bridgehead atoms. The number of alkyl halides is 1. The molecule has 1 N–H and O–H groups in total. The number of nitrogens with one attached hydrogen (secondary N) is 1. The summed E-state index contributed by atoms with van der Waals surface area (Å²) in [6, 6.07) is 0. The van der Waals surface area contributed by atoms with Crippen molar-refractivity contribution < 1.29 is 8.42 Å². The van der Waals surface area contributed by atoms with Crippen molar-refractivity contribution in [3.05, 3.63) is 0 Å². The van der Waals surface area contributed by atoms with Gasteiger partial charge >= 0.3 is 0 Å². The first-order valence-electron chi connectivity index (χ1n) is 4.48. The number of rotatable bonds is 6. The van der Waals surface area contributed by atoms with Crippen molar-refractivity contribution in [3.8, 4) is 0 Å². The summed E-state index contributed by atoms with van der Waals surface area (Å²) in [5, 5.41) is 0. The molecule has 0 aromatic carbocycles. The van der Waals surface area contributed by atoms with Gasteiger partial charge in [0, 0.05) is 11.4 Å². The van der Waals surface area contributed by atoms with Crippen molar-refractivity contribution in [1.29, 1.82) is 0 Å². The molecule has 0 radical (unpaired) electrons. The molecule has 0 aromatic heterocycles.